The molecular formula is C15H18N2O3. The first-order chi connectivity index (χ1) is 9.52. The third-order valence-corrected chi connectivity index (χ3v) is 3.36. The van der Waals surface area contributed by atoms with Crippen molar-refractivity contribution in [2.24, 2.45) is 0 Å². The highest BCUT2D eigenvalue weighted by molar-refractivity contribution is 6.12. The third kappa shape index (κ3) is 2.88. The second-order valence-electron chi connectivity index (χ2n) is 4.88. The van der Waals surface area contributed by atoms with Crippen molar-refractivity contribution in [2.45, 2.75) is 6.04 Å². The van der Waals surface area contributed by atoms with E-state index >= 15 is 0 Å². The fourth-order valence-electron chi connectivity index (χ4n) is 2.20. The lowest BCUT2D eigenvalue weighted by Crippen LogP contribution is -2.38. The molecule has 0 bridgehead atoms. The van der Waals surface area contributed by atoms with Crippen molar-refractivity contribution in [3.63, 3.8) is 0 Å². The molecule has 2 amide bonds. The Labute approximate surface area is 118 Å². The van der Waals surface area contributed by atoms with E-state index in [9.17, 15) is 9.59 Å². The van der Waals surface area contributed by atoms with Gasteiger partial charge in [-0.2, -0.15) is 0 Å². The Morgan fingerprint density at radius 1 is 1.20 bits per heavy atom. The molecule has 20 heavy (non-hydrogen) atoms. The summed E-state index contributed by atoms with van der Waals surface area (Å²) in [6, 6.07) is 7.58. The topological polar surface area (TPSA) is 49.9 Å². The molecule has 0 spiro atoms. The van der Waals surface area contributed by atoms with Crippen LogP contribution in [0.4, 0.5) is 0 Å². The second-order valence-corrected chi connectivity index (χ2v) is 4.88. The van der Waals surface area contributed by atoms with E-state index < -0.39 is 0 Å². The molecule has 0 saturated heterocycles. The monoisotopic (exact) mass is 274 g/mol. The number of rotatable bonds is 5. The van der Waals surface area contributed by atoms with Crippen molar-refractivity contribution in [3.8, 4) is 5.75 Å². The number of hydrogen-bond acceptors (Lipinski definition) is 4. The van der Waals surface area contributed by atoms with Crippen molar-refractivity contribution in [3.05, 3.63) is 42.0 Å². The Bertz CT molecular complexity index is 534. The Morgan fingerprint density at radius 3 is 2.40 bits per heavy atom. The fourth-order valence-corrected chi connectivity index (χ4v) is 2.20. The first-order valence-corrected chi connectivity index (χ1v) is 6.37. The van der Waals surface area contributed by atoms with Gasteiger partial charge >= 0.3 is 0 Å². The van der Waals surface area contributed by atoms with Crippen LogP contribution in [-0.2, 0) is 9.59 Å². The maximum Gasteiger partial charge on any atom is 0.253 e. The van der Waals surface area contributed by atoms with Crippen molar-refractivity contribution in [1.29, 1.82) is 0 Å². The van der Waals surface area contributed by atoms with Gasteiger partial charge in [0.1, 0.15) is 5.75 Å². The molecule has 1 aliphatic rings. The highest BCUT2D eigenvalue weighted by Crippen LogP contribution is 2.24. The average molecular weight is 274 g/mol. The standard InChI is InChI=1S/C15H18N2O3/c1-16(2)13(10-17-14(18)7-8-15(17)19)11-5-4-6-12(9-11)20-3/h4-9,13H,10H2,1-3H3. The second kappa shape index (κ2) is 5.88. The van der Waals surface area contributed by atoms with E-state index in [4.69, 9.17) is 4.74 Å². The number of carbonyl (C=O) groups excluding carboxylic acids is 2. The van der Waals surface area contributed by atoms with Gasteiger partial charge in [-0.25, -0.2) is 0 Å². The van der Waals surface area contributed by atoms with Gasteiger partial charge in [-0.05, 0) is 31.8 Å². The van der Waals surface area contributed by atoms with Crippen LogP contribution < -0.4 is 4.74 Å². The lowest BCUT2D eigenvalue weighted by molar-refractivity contribution is -0.137. The van der Waals surface area contributed by atoms with Gasteiger partial charge < -0.3 is 9.64 Å². The van der Waals surface area contributed by atoms with Gasteiger partial charge in [0.25, 0.3) is 11.8 Å². The lowest BCUT2D eigenvalue weighted by Gasteiger charge is -2.28. The van der Waals surface area contributed by atoms with E-state index in [0.717, 1.165) is 11.3 Å². The number of likely N-dealkylation sites (N-methyl/N-ethyl adjacent to an activating group) is 1. The predicted molar refractivity (Wildman–Crippen MR) is 75.3 cm³/mol. The summed E-state index contributed by atoms with van der Waals surface area (Å²) >= 11 is 0. The molecule has 0 N–H and O–H groups in total. The molecule has 106 valence electrons. The summed E-state index contributed by atoms with van der Waals surface area (Å²) in [5, 5.41) is 0. The zero-order valence-corrected chi connectivity index (χ0v) is 11.9. The number of benzene rings is 1. The zero-order chi connectivity index (χ0) is 14.7. The fraction of sp³-hybridized carbons (Fsp3) is 0.333. The van der Waals surface area contributed by atoms with Gasteiger partial charge in [-0.3, -0.25) is 14.5 Å². The van der Waals surface area contributed by atoms with Crippen LogP contribution in [0.3, 0.4) is 0 Å². The molecule has 5 nitrogen and oxygen atoms in total. The van der Waals surface area contributed by atoms with Crippen LogP contribution in [0.1, 0.15) is 11.6 Å². The summed E-state index contributed by atoms with van der Waals surface area (Å²) in [5.74, 6) is 0.237. The maximum absolute atomic E-state index is 11.7. The van der Waals surface area contributed by atoms with E-state index in [1.54, 1.807) is 7.11 Å². The largest absolute Gasteiger partial charge is 0.497 e. The highest BCUT2D eigenvalue weighted by atomic mass is 16.5. The number of nitrogens with zero attached hydrogens (tertiary/aromatic N) is 2. The normalized spacial score (nSPS) is 16.1. The van der Waals surface area contributed by atoms with Crippen LogP contribution in [0.2, 0.25) is 0 Å². The highest BCUT2D eigenvalue weighted by Gasteiger charge is 2.28. The van der Waals surface area contributed by atoms with Crippen LogP contribution in [0.25, 0.3) is 0 Å². The molecule has 1 aromatic carbocycles. The summed E-state index contributed by atoms with van der Waals surface area (Å²) in [6.07, 6.45) is 2.61. The van der Waals surface area contributed by atoms with Gasteiger partial charge in [0.2, 0.25) is 0 Å². The summed E-state index contributed by atoms with van der Waals surface area (Å²) in [4.78, 5) is 26.6. The van der Waals surface area contributed by atoms with E-state index in [-0.39, 0.29) is 17.9 Å². The molecule has 2 rings (SSSR count). The smallest absolute Gasteiger partial charge is 0.253 e. The average Bonchev–Trinajstić information content (AvgIpc) is 2.75. The van der Waals surface area contributed by atoms with Crippen LogP contribution >= 0.6 is 0 Å². The van der Waals surface area contributed by atoms with E-state index in [1.165, 1.54) is 17.1 Å². The molecule has 1 unspecified atom stereocenters. The number of imide groups is 1. The SMILES string of the molecule is COc1cccc(C(CN2C(=O)C=CC2=O)N(C)C)c1. The van der Waals surface area contributed by atoms with Crippen molar-refractivity contribution in [2.75, 3.05) is 27.7 Å². The molecule has 1 atom stereocenters. The lowest BCUT2D eigenvalue weighted by atomic mass is 10.0. The number of ether oxygens (including phenoxy) is 1. The van der Waals surface area contributed by atoms with Gasteiger partial charge in [0, 0.05) is 18.7 Å². The van der Waals surface area contributed by atoms with Crippen molar-refractivity contribution in [1.82, 2.24) is 9.80 Å². The van der Waals surface area contributed by atoms with Gasteiger partial charge in [-0.15, -0.1) is 0 Å². The number of amides is 2. The minimum atomic E-state index is -0.259. The molecule has 1 aromatic rings. The minimum Gasteiger partial charge on any atom is -0.497 e. The molecule has 0 aliphatic carbocycles. The molecule has 0 fully saturated rings. The Kier molecular flexibility index (Phi) is 4.20. The first-order valence-electron chi connectivity index (χ1n) is 6.37. The number of methoxy groups -OCH3 is 1. The molecule has 1 aliphatic heterocycles. The van der Waals surface area contributed by atoms with Gasteiger partial charge in [0.15, 0.2) is 0 Å². The first kappa shape index (κ1) is 14.3. The van der Waals surface area contributed by atoms with E-state index in [1.807, 2.05) is 43.3 Å². The molecule has 1 heterocycles. The van der Waals surface area contributed by atoms with Gasteiger partial charge in [-0.1, -0.05) is 12.1 Å². The van der Waals surface area contributed by atoms with Crippen LogP contribution in [-0.4, -0.2) is 49.4 Å². The van der Waals surface area contributed by atoms with E-state index in [0.29, 0.717) is 6.54 Å². The number of hydrogen-bond donors (Lipinski definition) is 0. The molecule has 0 aromatic heterocycles. The van der Waals surface area contributed by atoms with Gasteiger partial charge in [0.05, 0.1) is 13.2 Å². The van der Waals surface area contributed by atoms with Crippen LogP contribution in [0, 0.1) is 0 Å². The predicted octanol–water partition coefficient (Wildman–Crippen LogP) is 1.22. The maximum atomic E-state index is 11.7. The minimum absolute atomic E-state index is 0.0714. The quantitative estimate of drug-likeness (QED) is 0.758. The Hall–Kier alpha value is -2.14. The summed E-state index contributed by atoms with van der Waals surface area (Å²) in [6.45, 7) is 0.324. The van der Waals surface area contributed by atoms with Crippen LogP contribution in [0.5, 0.6) is 5.75 Å². The third-order valence-electron chi connectivity index (χ3n) is 3.36. The number of carbonyl (C=O) groups is 2. The summed E-state index contributed by atoms with van der Waals surface area (Å²) in [5.41, 5.74) is 1.00. The summed E-state index contributed by atoms with van der Waals surface area (Å²) in [7, 11) is 5.45. The van der Waals surface area contributed by atoms with Crippen molar-refractivity contribution < 1.29 is 14.3 Å². The zero-order valence-electron chi connectivity index (χ0n) is 11.9. The molecule has 0 radical (unpaired) electrons. The van der Waals surface area contributed by atoms with Crippen LogP contribution in [0.15, 0.2) is 36.4 Å². The van der Waals surface area contributed by atoms with Crippen molar-refractivity contribution >= 4 is 11.8 Å². The molecule has 0 saturated carbocycles. The molecule has 5 heteroatoms. The Morgan fingerprint density at radius 2 is 1.85 bits per heavy atom. The molecular weight excluding hydrogens is 256 g/mol. The van der Waals surface area contributed by atoms with E-state index in [2.05, 4.69) is 0 Å². The summed E-state index contributed by atoms with van der Waals surface area (Å²) < 4.78 is 5.22. The Balaban J connectivity index is 2.23.